The first-order valence-electron chi connectivity index (χ1n) is 6.72. The average Bonchev–Trinajstić information content (AvgIpc) is 2.74. The fourth-order valence-corrected chi connectivity index (χ4v) is 3.18. The highest BCUT2D eigenvalue weighted by molar-refractivity contribution is 7.18. The predicted molar refractivity (Wildman–Crippen MR) is 89.5 cm³/mol. The smallest absolute Gasteiger partial charge is 0.329 e. The van der Waals surface area contributed by atoms with Crippen LogP contribution in [0, 0.1) is 0 Å². The third kappa shape index (κ3) is 3.90. The topological polar surface area (TPSA) is 63.6 Å². The van der Waals surface area contributed by atoms with E-state index in [1.54, 1.807) is 11.3 Å². The van der Waals surface area contributed by atoms with Crippen molar-refractivity contribution in [3.63, 3.8) is 0 Å². The Balaban J connectivity index is 0.000000254. The monoisotopic (exact) mass is 316 g/mol. The summed E-state index contributed by atoms with van der Waals surface area (Å²) in [6.45, 7) is -0.208. The summed E-state index contributed by atoms with van der Waals surface area (Å²) in [5.74, 6) is -0.933. The largest absolute Gasteiger partial charge is 0.480 e. The van der Waals surface area contributed by atoms with Gasteiger partial charge in [0.05, 0.1) is 0 Å². The zero-order chi connectivity index (χ0) is 15.9. The Morgan fingerprint density at radius 2 is 2.09 bits per heavy atom. The van der Waals surface area contributed by atoms with Gasteiger partial charge in [-0.05, 0) is 18.2 Å². The molecule has 0 aliphatic heterocycles. The first-order chi connectivity index (χ1) is 10.6. The molecular formula is C17H16O4S. The molecule has 0 radical (unpaired) electrons. The number of fused-ring (bicyclic) bond motifs is 2. The minimum absolute atomic E-state index is 0.157. The quantitative estimate of drug-likeness (QED) is 0.924. The second kappa shape index (κ2) is 7.68. The van der Waals surface area contributed by atoms with Gasteiger partial charge in [-0.1, -0.05) is 30.4 Å². The van der Waals surface area contributed by atoms with Crippen LogP contribution in [0.15, 0.2) is 47.3 Å². The van der Waals surface area contributed by atoms with E-state index in [2.05, 4.69) is 10.8 Å². The molecule has 0 saturated heterocycles. The molecule has 0 atom stereocenters. The van der Waals surface area contributed by atoms with Crippen LogP contribution in [-0.4, -0.2) is 24.8 Å². The Morgan fingerprint density at radius 1 is 1.32 bits per heavy atom. The molecule has 4 nitrogen and oxygen atoms in total. The predicted octanol–water partition coefficient (Wildman–Crippen LogP) is 3.10. The van der Waals surface area contributed by atoms with E-state index in [1.165, 1.54) is 7.11 Å². The number of carboxylic acids is 1. The molecule has 1 aliphatic rings. The molecule has 114 valence electrons. The summed E-state index contributed by atoms with van der Waals surface area (Å²) < 4.78 is 5.28. The van der Waals surface area contributed by atoms with E-state index in [1.807, 2.05) is 42.5 Å². The molecule has 1 aromatic carbocycles. The Bertz CT molecular complexity index is 787. The number of aliphatic carboxylic acids is 1. The average molecular weight is 316 g/mol. The SMILES string of the molecule is COCC(=O)O.O=c1c2c(sc3ccccc13)CC=CC=C2. The van der Waals surface area contributed by atoms with Gasteiger partial charge >= 0.3 is 5.97 Å². The van der Waals surface area contributed by atoms with Gasteiger partial charge in [0.2, 0.25) is 0 Å². The molecule has 0 bridgehead atoms. The van der Waals surface area contributed by atoms with E-state index in [0.29, 0.717) is 0 Å². The van der Waals surface area contributed by atoms with Gasteiger partial charge in [0.25, 0.3) is 0 Å². The van der Waals surface area contributed by atoms with Gasteiger partial charge < -0.3 is 9.84 Å². The summed E-state index contributed by atoms with van der Waals surface area (Å²) >= 11 is 1.71. The van der Waals surface area contributed by atoms with E-state index in [0.717, 1.165) is 26.9 Å². The van der Waals surface area contributed by atoms with Gasteiger partial charge in [-0.3, -0.25) is 4.79 Å². The molecule has 1 heterocycles. The molecule has 3 rings (SSSR count). The van der Waals surface area contributed by atoms with Crippen molar-refractivity contribution in [3.05, 3.63) is 63.2 Å². The number of hydrogen-bond donors (Lipinski definition) is 1. The standard InChI is InChI=1S/C14H10OS.C3H6O3/c15-14-10-6-2-1-3-8-12(10)16-13-9-5-4-7-11(13)14;1-6-2-3(4)5/h1-7,9H,8H2;2H2,1H3,(H,4,5). The summed E-state index contributed by atoms with van der Waals surface area (Å²) in [7, 11) is 1.34. The molecule has 2 aromatic rings. The maximum absolute atomic E-state index is 12.3. The van der Waals surface area contributed by atoms with Crippen LogP contribution in [0.4, 0.5) is 0 Å². The van der Waals surface area contributed by atoms with E-state index >= 15 is 0 Å². The third-order valence-corrected chi connectivity index (χ3v) is 4.20. The number of allylic oxidation sites excluding steroid dienone is 3. The Labute approximate surface area is 132 Å². The summed E-state index contributed by atoms with van der Waals surface area (Å²) in [6.07, 6.45) is 8.80. The van der Waals surface area contributed by atoms with Gasteiger partial charge in [-0.25, -0.2) is 4.79 Å². The Morgan fingerprint density at radius 3 is 2.77 bits per heavy atom. The maximum Gasteiger partial charge on any atom is 0.329 e. The van der Waals surface area contributed by atoms with Gasteiger partial charge in [0, 0.05) is 34.1 Å². The zero-order valence-electron chi connectivity index (χ0n) is 12.1. The highest BCUT2D eigenvalue weighted by Gasteiger charge is 2.09. The maximum atomic E-state index is 12.3. The van der Waals surface area contributed by atoms with Crippen molar-refractivity contribution in [2.45, 2.75) is 6.42 Å². The van der Waals surface area contributed by atoms with Crippen molar-refractivity contribution < 1.29 is 14.6 Å². The Kier molecular flexibility index (Phi) is 5.63. The highest BCUT2D eigenvalue weighted by atomic mass is 32.1. The molecular weight excluding hydrogens is 300 g/mol. The minimum Gasteiger partial charge on any atom is -0.480 e. The second-order valence-corrected chi connectivity index (χ2v) is 5.72. The molecule has 5 heteroatoms. The first kappa shape index (κ1) is 16.1. The number of carboxylic acid groups (broad SMARTS) is 1. The fraction of sp³-hybridized carbons (Fsp3) is 0.176. The van der Waals surface area contributed by atoms with Gasteiger partial charge in [0.1, 0.15) is 6.61 Å². The normalized spacial score (nSPS) is 12.2. The molecule has 22 heavy (non-hydrogen) atoms. The second-order valence-electron chi connectivity index (χ2n) is 4.58. The van der Waals surface area contributed by atoms with Crippen LogP contribution in [0.3, 0.4) is 0 Å². The highest BCUT2D eigenvalue weighted by Crippen LogP contribution is 2.24. The molecule has 1 N–H and O–H groups in total. The summed E-state index contributed by atoms with van der Waals surface area (Å²) in [6, 6.07) is 7.81. The summed E-state index contributed by atoms with van der Waals surface area (Å²) in [5, 5.41) is 8.62. The Hall–Kier alpha value is -2.24. The number of ether oxygens (including phenoxy) is 1. The van der Waals surface area contributed by atoms with Crippen LogP contribution in [-0.2, 0) is 16.0 Å². The molecule has 0 unspecified atom stereocenters. The van der Waals surface area contributed by atoms with Gasteiger partial charge in [-0.15, -0.1) is 11.3 Å². The minimum atomic E-state index is -0.933. The lowest BCUT2D eigenvalue weighted by molar-refractivity contribution is -0.141. The van der Waals surface area contributed by atoms with E-state index in [-0.39, 0.29) is 12.0 Å². The van der Waals surface area contributed by atoms with Crippen molar-refractivity contribution in [2.75, 3.05) is 13.7 Å². The van der Waals surface area contributed by atoms with E-state index < -0.39 is 5.97 Å². The number of rotatable bonds is 2. The molecule has 0 spiro atoms. The number of carbonyl (C=O) groups is 1. The molecule has 1 aliphatic carbocycles. The van der Waals surface area contributed by atoms with Crippen LogP contribution < -0.4 is 5.43 Å². The third-order valence-electron chi connectivity index (χ3n) is 2.99. The number of methoxy groups -OCH3 is 1. The number of hydrogen-bond acceptors (Lipinski definition) is 4. The van der Waals surface area contributed by atoms with Crippen LogP contribution in [0.5, 0.6) is 0 Å². The van der Waals surface area contributed by atoms with Crippen molar-refractivity contribution in [2.24, 2.45) is 0 Å². The van der Waals surface area contributed by atoms with Gasteiger partial charge in [0.15, 0.2) is 5.43 Å². The van der Waals surface area contributed by atoms with Crippen molar-refractivity contribution in [3.8, 4) is 0 Å². The molecule has 0 saturated carbocycles. The fourth-order valence-electron chi connectivity index (χ4n) is 2.05. The first-order valence-corrected chi connectivity index (χ1v) is 7.53. The molecule has 0 fully saturated rings. The van der Waals surface area contributed by atoms with Crippen molar-refractivity contribution >= 4 is 33.5 Å². The van der Waals surface area contributed by atoms with Crippen molar-refractivity contribution in [1.29, 1.82) is 0 Å². The van der Waals surface area contributed by atoms with Crippen LogP contribution in [0.25, 0.3) is 16.2 Å². The lowest BCUT2D eigenvalue weighted by Gasteiger charge is -2.03. The molecule has 1 aromatic heterocycles. The summed E-state index contributed by atoms with van der Waals surface area (Å²) in [4.78, 5) is 22.9. The number of benzene rings is 1. The van der Waals surface area contributed by atoms with Crippen LogP contribution in [0.1, 0.15) is 10.4 Å². The van der Waals surface area contributed by atoms with Gasteiger partial charge in [-0.2, -0.15) is 0 Å². The van der Waals surface area contributed by atoms with E-state index in [4.69, 9.17) is 5.11 Å². The molecule has 0 amide bonds. The van der Waals surface area contributed by atoms with E-state index in [9.17, 15) is 9.59 Å². The van der Waals surface area contributed by atoms with Crippen LogP contribution >= 0.6 is 11.3 Å². The van der Waals surface area contributed by atoms with Crippen LogP contribution in [0.2, 0.25) is 0 Å². The summed E-state index contributed by atoms with van der Waals surface area (Å²) in [5.41, 5.74) is 1.01. The lowest BCUT2D eigenvalue weighted by Crippen LogP contribution is -2.07. The zero-order valence-corrected chi connectivity index (χ0v) is 12.9. The van der Waals surface area contributed by atoms with Crippen molar-refractivity contribution in [1.82, 2.24) is 0 Å². The lowest BCUT2D eigenvalue weighted by atomic mass is 10.1.